The van der Waals surface area contributed by atoms with Gasteiger partial charge in [-0.1, -0.05) is 11.6 Å². The molecule has 2 N–H and O–H groups in total. The Labute approximate surface area is 124 Å². The summed E-state index contributed by atoms with van der Waals surface area (Å²) < 4.78 is 22.5. The Bertz CT molecular complexity index is 622. The van der Waals surface area contributed by atoms with Gasteiger partial charge in [0.15, 0.2) is 0 Å². The predicted molar refractivity (Wildman–Crippen MR) is 75.4 cm³/mol. The van der Waals surface area contributed by atoms with Gasteiger partial charge in [0.2, 0.25) is 15.9 Å². The summed E-state index contributed by atoms with van der Waals surface area (Å²) in [5.74, 6) is -0.239. The third-order valence-electron chi connectivity index (χ3n) is 2.74. The molecule has 9 heteroatoms. The van der Waals surface area contributed by atoms with Gasteiger partial charge in [0.05, 0.1) is 10.8 Å². The van der Waals surface area contributed by atoms with Gasteiger partial charge in [-0.05, 0) is 28.1 Å². The second kappa shape index (κ2) is 5.35. The first-order chi connectivity index (χ1) is 8.76. The Morgan fingerprint density at radius 2 is 2.21 bits per heavy atom. The maximum Gasteiger partial charge on any atom is 0.228 e. The molecule has 1 aromatic rings. The van der Waals surface area contributed by atoms with E-state index in [1.165, 1.54) is 4.90 Å². The topological polar surface area (TPSA) is 93.4 Å². The number of carbonyl (C=O) groups is 1. The maximum absolute atomic E-state index is 11.9. The quantitative estimate of drug-likeness (QED) is 0.810. The van der Waals surface area contributed by atoms with Crippen LogP contribution < -0.4 is 10.0 Å². The molecule has 0 aliphatic carbocycles. The average molecular weight is 369 g/mol. The standard InChI is InChI=1S/C10H11BrClN3O3S/c11-10-7(12)1-2-8(14-10)15-4-6(3-9(15)16)5-19(13,17)18/h1-2,6H,3-5H2,(H2,13,17,18). The summed E-state index contributed by atoms with van der Waals surface area (Å²) in [5.41, 5.74) is 0. The average Bonchev–Trinajstić information content (AvgIpc) is 2.61. The van der Waals surface area contributed by atoms with E-state index in [1.807, 2.05) is 0 Å². The smallest absolute Gasteiger partial charge is 0.228 e. The molecule has 1 saturated heterocycles. The Morgan fingerprint density at radius 1 is 1.53 bits per heavy atom. The summed E-state index contributed by atoms with van der Waals surface area (Å²) >= 11 is 9.01. The fraction of sp³-hybridized carbons (Fsp3) is 0.400. The van der Waals surface area contributed by atoms with Gasteiger partial charge in [-0.15, -0.1) is 0 Å². The van der Waals surface area contributed by atoms with Crippen LogP contribution in [-0.2, 0) is 14.8 Å². The molecule has 1 aliphatic rings. The molecule has 2 heterocycles. The third-order valence-corrected chi connectivity index (χ3v) is 4.81. The summed E-state index contributed by atoms with van der Waals surface area (Å²) in [4.78, 5) is 17.5. The van der Waals surface area contributed by atoms with Crippen LogP contribution in [0.15, 0.2) is 16.7 Å². The van der Waals surface area contributed by atoms with Crippen molar-refractivity contribution < 1.29 is 13.2 Å². The fourth-order valence-electron chi connectivity index (χ4n) is 2.00. The highest BCUT2D eigenvalue weighted by Gasteiger charge is 2.33. The van der Waals surface area contributed by atoms with Crippen LogP contribution in [0.5, 0.6) is 0 Å². The lowest BCUT2D eigenvalue weighted by molar-refractivity contribution is -0.117. The van der Waals surface area contributed by atoms with Crippen molar-refractivity contribution in [1.29, 1.82) is 0 Å². The van der Waals surface area contributed by atoms with Crippen LogP contribution in [0.2, 0.25) is 5.02 Å². The molecule has 0 radical (unpaired) electrons. The van der Waals surface area contributed by atoms with E-state index in [9.17, 15) is 13.2 Å². The predicted octanol–water partition coefficient (Wildman–Crippen LogP) is 1.14. The number of hydrogen-bond donors (Lipinski definition) is 1. The molecule has 104 valence electrons. The number of pyridine rings is 1. The van der Waals surface area contributed by atoms with Gasteiger partial charge in [0.1, 0.15) is 10.4 Å². The van der Waals surface area contributed by atoms with Gasteiger partial charge in [-0.2, -0.15) is 0 Å². The van der Waals surface area contributed by atoms with Crippen molar-refractivity contribution in [2.45, 2.75) is 6.42 Å². The fourth-order valence-corrected chi connectivity index (χ4v) is 3.30. The van der Waals surface area contributed by atoms with E-state index in [0.717, 1.165) is 0 Å². The molecule has 6 nitrogen and oxygen atoms in total. The van der Waals surface area contributed by atoms with E-state index < -0.39 is 10.0 Å². The monoisotopic (exact) mass is 367 g/mol. The van der Waals surface area contributed by atoms with Crippen molar-refractivity contribution in [3.63, 3.8) is 0 Å². The summed E-state index contributed by atoms with van der Waals surface area (Å²) in [6, 6.07) is 3.23. The highest BCUT2D eigenvalue weighted by atomic mass is 79.9. The molecule has 0 spiro atoms. The van der Waals surface area contributed by atoms with Gasteiger partial charge in [-0.25, -0.2) is 18.5 Å². The number of nitrogens with zero attached hydrogens (tertiary/aromatic N) is 2. The maximum atomic E-state index is 11.9. The van der Waals surface area contributed by atoms with E-state index >= 15 is 0 Å². The minimum atomic E-state index is -3.58. The SMILES string of the molecule is NS(=O)(=O)CC1CC(=O)N(c2ccc(Cl)c(Br)n2)C1. The molecule has 1 aromatic heterocycles. The molecule has 2 rings (SSSR count). The molecule has 1 aliphatic heterocycles. The summed E-state index contributed by atoms with van der Waals surface area (Å²) in [6.45, 7) is 0.288. The number of nitrogens with two attached hydrogens (primary N) is 1. The normalized spacial score (nSPS) is 20.1. The number of rotatable bonds is 3. The highest BCUT2D eigenvalue weighted by Crippen LogP contribution is 2.28. The largest absolute Gasteiger partial charge is 0.296 e. The number of halogens is 2. The minimum absolute atomic E-state index is 0.151. The van der Waals surface area contributed by atoms with Gasteiger partial charge < -0.3 is 0 Å². The molecule has 19 heavy (non-hydrogen) atoms. The Balaban J connectivity index is 2.18. The van der Waals surface area contributed by atoms with E-state index in [1.54, 1.807) is 12.1 Å². The van der Waals surface area contributed by atoms with E-state index in [4.69, 9.17) is 16.7 Å². The summed E-state index contributed by atoms with van der Waals surface area (Å²) in [6.07, 6.45) is 0.151. The van der Waals surface area contributed by atoms with Crippen molar-refractivity contribution in [3.8, 4) is 0 Å². The first-order valence-corrected chi connectivity index (χ1v) is 8.28. The van der Waals surface area contributed by atoms with Crippen molar-refractivity contribution in [2.24, 2.45) is 11.1 Å². The number of carbonyl (C=O) groups excluding carboxylic acids is 1. The number of anilines is 1. The molecule has 1 unspecified atom stereocenters. The van der Waals surface area contributed by atoms with Crippen LogP contribution in [-0.4, -0.2) is 31.6 Å². The second-order valence-corrected chi connectivity index (χ2v) is 7.16. The van der Waals surface area contributed by atoms with Crippen molar-refractivity contribution in [1.82, 2.24) is 4.98 Å². The molecule has 1 fully saturated rings. The number of aromatic nitrogens is 1. The zero-order valence-electron chi connectivity index (χ0n) is 9.71. The number of amides is 1. The van der Waals surface area contributed by atoms with Crippen LogP contribution in [0.3, 0.4) is 0 Å². The lowest BCUT2D eigenvalue weighted by Crippen LogP contribution is -2.28. The van der Waals surface area contributed by atoms with Crippen LogP contribution in [0.4, 0.5) is 5.82 Å². The number of hydrogen-bond acceptors (Lipinski definition) is 4. The van der Waals surface area contributed by atoms with Crippen LogP contribution in [0.25, 0.3) is 0 Å². The van der Waals surface area contributed by atoms with E-state index in [-0.39, 0.29) is 30.5 Å². The van der Waals surface area contributed by atoms with Crippen LogP contribution >= 0.6 is 27.5 Å². The Morgan fingerprint density at radius 3 is 2.79 bits per heavy atom. The zero-order valence-corrected chi connectivity index (χ0v) is 12.9. The lowest BCUT2D eigenvalue weighted by atomic mass is 10.1. The minimum Gasteiger partial charge on any atom is -0.296 e. The number of primary sulfonamides is 1. The molecule has 1 amide bonds. The second-order valence-electron chi connectivity index (χ2n) is 4.35. The van der Waals surface area contributed by atoms with E-state index in [0.29, 0.717) is 15.4 Å². The number of sulfonamides is 1. The Kier molecular flexibility index (Phi) is 4.14. The van der Waals surface area contributed by atoms with Gasteiger partial charge in [0, 0.05) is 18.9 Å². The Hall–Kier alpha value is -0.700. The van der Waals surface area contributed by atoms with E-state index in [2.05, 4.69) is 20.9 Å². The van der Waals surface area contributed by atoms with Crippen LogP contribution in [0.1, 0.15) is 6.42 Å². The lowest BCUT2D eigenvalue weighted by Gasteiger charge is -2.15. The van der Waals surface area contributed by atoms with Crippen molar-refractivity contribution >= 4 is 49.3 Å². The molecule has 1 atom stereocenters. The van der Waals surface area contributed by atoms with Gasteiger partial charge in [0.25, 0.3) is 0 Å². The summed E-state index contributed by atoms with van der Waals surface area (Å²) in [7, 11) is -3.58. The molecular formula is C10H11BrClN3O3S. The molecule has 0 saturated carbocycles. The first-order valence-electron chi connectivity index (χ1n) is 5.39. The van der Waals surface area contributed by atoms with Crippen molar-refractivity contribution in [3.05, 3.63) is 21.8 Å². The molecule has 0 bridgehead atoms. The molecule has 0 aromatic carbocycles. The van der Waals surface area contributed by atoms with Gasteiger partial charge in [-0.3, -0.25) is 9.69 Å². The summed E-state index contributed by atoms with van der Waals surface area (Å²) in [5, 5.41) is 5.43. The molecular weight excluding hydrogens is 358 g/mol. The van der Waals surface area contributed by atoms with Gasteiger partial charge >= 0.3 is 0 Å². The highest BCUT2D eigenvalue weighted by molar-refractivity contribution is 9.10. The zero-order chi connectivity index (χ0) is 14.2. The van der Waals surface area contributed by atoms with Crippen LogP contribution in [0, 0.1) is 5.92 Å². The third kappa shape index (κ3) is 3.65. The first kappa shape index (κ1) is 14.7. The van der Waals surface area contributed by atoms with Crippen molar-refractivity contribution in [2.75, 3.05) is 17.2 Å².